The number of aromatic nitrogens is 2. The molecule has 2 amide bonds. The van der Waals surface area contributed by atoms with Gasteiger partial charge < -0.3 is 24.6 Å². The monoisotopic (exact) mass is 420 g/mol. The number of nitrogens with one attached hydrogen (secondary N) is 1. The summed E-state index contributed by atoms with van der Waals surface area (Å²) >= 11 is 0. The van der Waals surface area contributed by atoms with Crippen molar-refractivity contribution in [2.24, 2.45) is 7.05 Å². The van der Waals surface area contributed by atoms with Gasteiger partial charge in [0.1, 0.15) is 6.61 Å². The molecule has 3 heterocycles. The minimum Gasteiger partial charge on any atom is -0.465 e. The fraction of sp³-hybridized carbons (Fsp3) is 0.261. The highest BCUT2D eigenvalue weighted by atomic mass is 16.5. The molecule has 2 N–H and O–H groups in total. The SMILES string of the molecule is CC(NC(=O)OCc1ccccc1)c1nc2ccn(C)c2cc1C1=CCN(C(=O)O)C1. The van der Waals surface area contributed by atoms with Crippen molar-refractivity contribution < 1.29 is 19.4 Å². The fourth-order valence-corrected chi connectivity index (χ4v) is 3.69. The predicted octanol–water partition coefficient (Wildman–Crippen LogP) is 3.94. The first-order chi connectivity index (χ1) is 14.9. The first-order valence-corrected chi connectivity index (χ1v) is 10.0. The average molecular weight is 420 g/mol. The summed E-state index contributed by atoms with van der Waals surface area (Å²) in [6.07, 6.45) is 2.31. The summed E-state index contributed by atoms with van der Waals surface area (Å²) in [5.74, 6) is 0. The predicted molar refractivity (Wildman–Crippen MR) is 116 cm³/mol. The van der Waals surface area contributed by atoms with E-state index in [1.807, 2.05) is 73.3 Å². The van der Waals surface area contributed by atoms with E-state index in [4.69, 9.17) is 9.72 Å². The van der Waals surface area contributed by atoms with Crippen molar-refractivity contribution in [1.82, 2.24) is 19.8 Å². The van der Waals surface area contributed by atoms with E-state index in [9.17, 15) is 14.7 Å². The van der Waals surface area contributed by atoms with Crippen molar-refractivity contribution in [3.05, 3.63) is 71.6 Å². The highest BCUT2D eigenvalue weighted by molar-refractivity contribution is 5.84. The van der Waals surface area contributed by atoms with Crippen LogP contribution in [0.4, 0.5) is 9.59 Å². The zero-order valence-electron chi connectivity index (χ0n) is 17.4. The molecule has 0 fully saturated rings. The number of fused-ring (bicyclic) bond motifs is 1. The Labute approximate surface area is 179 Å². The van der Waals surface area contributed by atoms with Crippen LogP contribution >= 0.6 is 0 Å². The van der Waals surface area contributed by atoms with Crippen molar-refractivity contribution in [1.29, 1.82) is 0 Å². The van der Waals surface area contributed by atoms with Gasteiger partial charge in [0.15, 0.2) is 0 Å². The van der Waals surface area contributed by atoms with E-state index in [-0.39, 0.29) is 13.2 Å². The minimum atomic E-state index is -0.962. The molecule has 0 aliphatic carbocycles. The molecule has 8 nitrogen and oxygen atoms in total. The molecule has 4 rings (SSSR count). The molecule has 31 heavy (non-hydrogen) atoms. The van der Waals surface area contributed by atoms with E-state index in [0.717, 1.165) is 27.7 Å². The number of carboxylic acid groups (broad SMARTS) is 1. The first kappa shape index (κ1) is 20.5. The second-order valence-corrected chi connectivity index (χ2v) is 7.57. The van der Waals surface area contributed by atoms with E-state index in [2.05, 4.69) is 5.32 Å². The van der Waals surface area contributed by atoms with E-state index in [0.29, 0.717) is 12.2 Å². The van der Waals surface area contributed by atoms with Gasteiger partial charge in [-0.1, -0.05) is 36.4 Å². The van der Waals surface area contributed by atoms with Crippen LogP contribution in [-0.2, 0) is 18.4 Å². The highest BCUT2D eigenvalue weighted by Gasteiger charge is 2.25. The molecule has 8 heteroatoms. The summed E-state index contributed by atoms with van der Waals surface area (Å²) in [6, 6.07) is 12.9. The van der Waals surface area contributed by atoms with Crippen LogP contribution in [0.5, 0.6) is 0 Å². The van der Waals surface area contributed by atoms with Crippen LogP contribution < -0.4 is 5.32 Å². The molecule has 1 atom stereocenters. The second kappa shape index (κ2) is 8.51. The molecular weight excluding hydrogens is 396 g/mol. The maximum atomic E-state index is 12.4. The summed E-state index contributed by atoms with van der Waals surface area (Å²) < 4.78 is 7.31. The fourth-order valence-electron chi connectivity index (χ4n) is 3.69. The van der Waals surface area contributed by atoms with Gasteiger partial charge in [-0.15, -0.1) is 0 Å². The van der Waals surface area contributed by atoms with Crippen LogP contribution in [-0.4, -0.2) is 44.8 Å². The lowest BCUT2D eigenvalue weighted by molar-refractivity contribution is 0.136. The lowest BCUT2D eigenvalue weighted by atomic mass is 10.00. The largest absolute Gasteiger partial charge is 0.465 e. The molecule has 160 valence electrons. The molecule has 1 aliphatic rings. The third-order valence-corrected chi connectivity index (χ3v) is 5.39. The van der Waals surface area contributed by atoms with Crippen molar-refractivity contribution in [2.45, 2.75) is 19.6 Å². The Balaban J connectivity index is 1.56. The summed E-state index contributed by atoms with van der Waals surface area (Å²) in [6.45, 7) is 2.63. The quantitative estimate of drug-likeness (QED) is 0.652. The van der Waals surface area contributed by atoms with Crippen molar-refractivity contribution in [2.75, 3.05) is 13.1 Å². The molecule has 0 saturated carbocycles. The van der Waals surface area contributed by atoms with Gasteiger partial charge >= 0.3 is 12.2 Å². The number of rotatable bonds is 5. The molecular formula is C23H24N4O4. The number of alkyl carbamates (subject to hydrolysis) is 1. The Hall–Kier alpha value is -3.81. The van der Waals surface area contributed by atoms with Gasteiger partial charge in [0.2, 0.25) is 0 Å². The topological polar surface area (TPSA) is 96.7 Å². The summed E-state index contributed by atoms with van der Waals surface area (Å²) in [5.41, 5.74) is 5.02. The highest BCUT2D eigenvalue weighted by Crippen LogP contribution is 2.30. The number of amides is 2. The molecule has 3 aromatic rings. The molecule has 0 radical (unpaired) electrons. The normalized spacial score (nSPS) is 14.4. The van der Waals surface area contributed by atoms with Crippen molar-refractivity contribution in [3.8, 4) is 0 Å². The van der Waals surface area contributed by atoms with Gasteiger partial charge in [0.05, 0.1) is 22.8 Å². The number of pyridine rings is 1. The summed E-state index contributed by atoms with van der Waals surface area (Å²) in [7, 11) is 1.93. The van der Waals surface area contributed by atoms with E-state index < -0.39 is 18.2 Å². The van der Waals surface area contributed by atoms with Gasteiger partial charge in [-0.25, -0.2) is 14.6 Å². The van der Waals surface area contributed by atoms with Crippen LogP contribution in [0.15, 0.2) is 54.7 Å². The average Bonchev–Trinajstić information content (AvgIpc) is 3.39. The first-order valence-electron chi connectivity index (χ1n) is 10.0. The zero-order chi connectivity index (χ0) is 22.0. The van der Waals surface area contributed by atoms with E-state index in [1.165, 1.54) is 4.90 Å². The molecule has 0 bridgehead atoms. The third-order valence-electron chi connectivity index (χ3n) is 5.39. The number of aryl methyl sites for hydroxylation is 1. The van der Waals surface area contributed by atoms with Crippen LogP contribution in [0.25, 0.3) is 16.6 Å². The van der Waals surface area contributed by atoms with Crippen LogP contribution in [0.1, 0.15) is 29.8 Å². The van der Waals surface area contributed by atoms with Crippen LogP contribution in [0.2, 0.25) is 0 Å². The van der Waals surface area contributed by atoms with Crippen LogP contribution in [0, 0.1) is 0 Å². The number of carbonyl (C=O) groups is 2. The molecule has 1 unspecified atom stereocenters. The Bertz CT molecular complexity index is 1150. The maximum Gasteiger partial charge on any atom is 0.407 e. The molecule has 0 spiro atoms. The lowest BCUT2D eigenvalue weighted by Gasteiger charge is -2.19. The van der Waals surface area contributed by atoms with Crippen LogP contribution in [0.3, 0.4) is 0 Å². The Kier molecular flexibility index (Phi) is 5.62. The Morgan fingerprint density at radius 1 is 1.26 bits per heavy atom. The van der Waals surface area contributed by atoms with Gasteiger partial charge in [-0.05, 0) is 30.2 Å². The Morgan fingerprint density at radius 3 is 2.74 bits per heavy atom. The standard InChI is InChI=1S/C23H24N4O4/c1-15(24-22(28)31-14-16-6-4-3-5-7-16)21-18(17-8-11-27(13-17)23(29)30)12-20-19(25-21)9-10-26(20)2/h3-10,12,15H,11,13-14H2,1-2H3,(H,24,28)(H,29,30). The zero-order valence-corrected chi connectivity index (χ0v) is 17.4. The van der Waals surface area contributed by atoms with E-state index >= 15 is 0 Å². The van der Waals surface area contributed by atoms with Gasteiger partial charge in [0, 0.05) is 31.9 Å². The van der Waals surface area contributed by atoms with Crippen molar-refractivity contribution >= 4 is 28.8 Å². The number of carbonyl (C=O) groups excluding carboxylic acids is 1. The number of benzene rings is 1. The number of hydrogen-bond donors (Lipinski definition) is 2. The summed E-state index contributed by atoms with van der Waals surface area (Å²) in [4.78, 5) is 29.8. The minimum absolute atomic E-state index is 0.177. The molecule has 2 aromatic heterocycles. The second-order valence-electron chi connectivity index (χ2n) is 7.57. The number of nitrogens with zero attached hydrogens (tertiary/aromatic N) is 3. The molecule has 1 aliphatic heterocycles. The van der Waals surface area contributed by atoms with Gasteiger partial charge in [-0.2, -0.15) is 0 Å². The summed E-state index contributed by atoms with van der Waals surface area (Å²) in [5, 5.41) is 12.2. The Morgan fingerprint density at radius 2 is 2.03 bits per heavy atom. The molecule has 0 saturated heterocycles. The van der Waals surface area contributed by atoms with Gasteiger partial charge in [0.25, 0.3) is 0 Å². The maximum absolute atomic E-state index is 12.4. The van der Waals surface area contributed by atoms with E-state index in [1.54, 1.807) is 0 Å². The smallest absolute Gasteiger partial charge is 0.407 e. The number of ether oxygens (including phenoxy) is 1. The number of hydrogen-bond acceptors (Lipinski definition) is 4. The van der Waals surface area contributed by atoms with Crippen molar-refractivity contribution in [3.63, 3.8) is 0 Å². The lowest BCUT2D eigenvalue weighted by Crippen LogP contribution is -2.29. The molecule has 1 aromatic carbocycles. The van der Waals surface area contributed by atoms with Gasteiger partial charge in [-0.3, -0.25) is 0 Å². The third kappa shape index (κ3) is 4.37.